The molecule has 4 heteroatoms. The predicted octanol–water partition coefficient (Wildman–Crippen LogP) is 4.87. The van der Waals surface area contributed by atoms with Crippen molar-refractivity contribution in [2.24, 2.45) is 16.4 Å². The van der Waals surface area contributed by atoms with Gasteiger partial charge in [-0.15, -0.1) is 0 Å². The van der Waals surface area contributed by atoms with Gasteiger partial charge in [0.25, 0.3) is 0 Å². The van der Waals surface area contributed by atoms with Crippen molar-refractivity contribution in [3.8, 4) is 0 Å². The first-order valence-electron chi connectivity index (χ1n) is 8.04. The second-order valence-electron chi connectivity index (χ2n) is 7.20. The number of anilines is 1. The van der Waals surface area contributed by atoms with E-state index < -0.39 is 0 Å². The van der Waals surface area contributed by atoms with Crippen molar-refractivity contribution in [3.63, 3.8) is 0 Å². The van der Waals surface area contributed by atoms with Gasteiger partial charge in [0.15, 0.2) is 5.11 Å². The molecule has 0 amide bonds. The van der Waals surface area contributed by atoms with Crippen LogP contribution in [0.4, 0.5) is 5.69 Å². The fraction of sp³-hybridized carbons (Fsp3) is 0.556. The summed E-state index contributed by atoms with van der Waals surface area (Å²) in [5, 5.41) is 8.24. The molecule has 0 saturated heterocycles. The lowest BCUT2D eigenvalue weighted by Crippen LogP contribution is -2.29. The molecular weight excluding hydrogens is 290 g/mol. The standard InChI is InChI=1S/C18H27N3S/c1-13-7-5-6-8-16(13)19-17(22)21-20-15-11-9-14(10-12-15)18(2,3)4/h5-8,14H,9-12H2,1-4H3,(H2,19,21,22). The monoisotopic (exact) mass is 317 g/mol. The number of hydrogen-bond acceptors (Lipinski definition) is 2. The van der Waals surface area contributed by atoms with Crippen molar-refractivity contribution in [1.82, 2.24) is 5.43 Å². The molecule has 0 atom stereocenters. The maximum absolute atomic E-state index is 5.32. The number of nitrogens with one attached hydrogen (secondary N) is 2. The Bertz CT molecular complexity index is 548. The Morgan fingerprint density at radius 2 is 1.82 bits per heavy atom. The van der Waals surface area contributed by atoms with E-state index in [1.807, 2.05) is 18.2 Å². The molecule has 2 N–H and O–H groups in total. The summed E-state index contributed by atoms with van der Waals surface area (Å²) in [4.78, 5) is 0. The minimum Gasteiger partial charge on any atom is -0.331 e. The molecule has 1 aliphatic carbocycles. The third-order valence-electron chi connectivity index (χ3n) is 4.50. The molecule has 22 heavy (non-hydrogen) atoms. The van der Waals surface area contributed by atoms with Crippen LogP contribution in [0.15, 0.2) is 29.4 Å². The molecule has 0 aliphatic heterocycles. The van der Waals surface area contributed by atoms with Crippen molar-refractivity contribution >= 4 is 28.7 Å². The van der Waals surface area contributed by atoms with Gasteiger partial charge in [0.1, 0.15) is 0 Å². The van der Waals surface area contributed by atoms with Gasteiger partial charge in [0.05, 0.1) is 0 Å². The van der Waals surface area contributed by atoms with Crippen LogP contribution in [0.25, 0.3) is 0 Å². The molecule has 120 valence electrons. The lowest BCUT2D eigenvalue weighted by atomic mass is 9.72. The molecular formula is C18H27N3S. The third kappa shape index (κ3) is 4.80. The van der Waals surface area contributed by atoms with Crippen LogP contribution < -0.4 is 10.7 Å². The number of rotatable bonds is 2. The Labute approximate surface area is 139 Å². The molecule has 2 rings (SSSR count). The number of thiocarbonyl (C=S) groups is 1. The van der Waals surface area contributed by atoms with Crippen LogP contribution in [-0.4, -0.2) is 10.8 Å². The largest absolute Gasteiger partial charge is 0.331 e. The molecule has 0 spiro atoms. The second-order valence-corrected chi connectivity index (χ2v) is 7.61. The first-order valence-corrected chi connectivity index (χ1v) is 8.45. The predicted molar refractivity (Wildman–Crippen MR) is 99.4 cm³/mol. The molecule has 0 bridgehead atoms. The molecule has 1 aromatic rings. The molecule has 3 nitrogen and oxygen atoms in total. The number of para-hydroxylation sites is 1. The van der Waals surface area contributed by atoms with Gasteiger partial charge < -0.3 is 5.32 Å². The van der Waals surface area contributed by atoms with Gasteiger partial charge in [-0.25, -0.2) is 0 Å². The molecule has 0 aromatic heterocycles. The van der Waals surface area contributed by atoms with Crippen LogP contribution in [-0.2, 0) is 0 Å². The molecule has 0 radical (unpaired) electrons. The van der Waals surface area contributed by atoms with Gasteiger partial charge in [-0.1, -0.05) is 39.0 Å². The van der Waals surface area contributed by atoms with Crippen molar-refractivity contribution in [2.75, 3.05) is 5.32 Å². The minimum absolute atomic E-state index is 0.403. The first-order chi connectivity index (χ1) is 10.4. The summed E-state index contributed by atoms with van der Waals surface area (Å²) in [6, 6.07) is 8.10. The second kappa shape index (κ2) is 7.23. The fourth-order valence-corrected chi connectivity index (χ4v) is 3.08. The molecule has 0 heterocycles. The Hall–Kier alpha value is -1.42. The number of nitrogens with zero attached hydrogens (tertiary/aromatic N) is 1. The van der Waals surface area contributed by atoms with Crippen LogP contribution in [0.1, 0.15) is 52.0 Å². The van der Waals surface area contributed by atoms with E-state index in [9.17, 15) is 0 Å². The lowest BCUT2D eigenvalue weighted by molar-refractivity contribution is 0.208. The quantitative estimate of drug-likeness (QED) is 0.603. The smallest absolute Gasteiger partial charge is 0.191 e. The number of aryl methyl sites for hydroxylation is 1. The van der Waals surface area contributed by atoms with E-state index in [0.29, 0.717) is 10.5 Å². The summed E-state index contributed by atoms with van der Waals surface area (Å²) >= 11 is 5.32. The van der Waals surface area contributed by atoms with Crippen LogP contribution in [0.2, 0.25) is 0 Å². The topological polar surface area (TPSA) is 36.4 Å². The highest BCUT2D eigenvalue weighted by atomic mass is 32.1. The summed E-state index contributed by atoms with van der Waals surface area (Å²) in [6.07, 6.45) is 4.59. The number of hydrazone groups is 1. The van der Waals surface area contributed by atoms with Gasteiger partial charge in [0.2, 0.25) is 0 Å². The van der Waals surface area contributed by atoms with E-state index >= 15 is 0 Å². The summed E-state index contributed by atoms with van der Waals surface area (Å²) < 4.78 is 0. The molecule has 1 aliphatic rings. The average molecular weight is 318 g/mol. The summed E-state index contributed by atoms with van der Waals surface area (Å²) in [5.74, 6) is 0.795. The van der Waals surface area contributed by atoms with Gasteiger partial charge in [-0.2, -0.15) is 5.10 Å². The molecule has 1 aromatic carbocycles. The van der Waals surface area contributed by atoms with Crippen molar-refractivity contribution in [1.29, 1.82) is 0 Å². The van der Waals surface area contributed by atoms with E-state index in [2.05, 4.69) is 49.6 Å². The van der Waals surface area contributed by atoms with Crippen LogP contribution in [0, 0.1) is 18.3 Å². The van der Waals surface area contributed by atoms with Crippen LogP contribution >= 0.6 is 12.2 Å². The highest BCUT2D eigenvalue weighted by Gasteiger charge is 2.27. The van der Waals surface area contributed by atoms with E-state index in [0.717, 1.165) is 24.4 Å². The van der Waals surface area contributed by atoms with Gasteiger partial charge in [0, 0.05) is 11.4 Å². The maximum atomic E-state index is 5.32. The Balaban J connectivity index is 1.83. The summed E-state index contributed by atoms with van der Waals surface area (Å²) in [7, 11) is 0. The van der Waals surface area contributed by atoms with E-state index in [1.54, 1.807) is 0 Å². The van der Waals surface area contributed by atoms with Crippen molar-refractivity contribution < 1.29 is 0 Å². The SMILES string of the molecule is Cc1ccccc1NC(=S)NN=C1CCC(C(C)(C)C)CC1. The Morgan fingerprint density at radius 3 is 2.41 bits per heavy atom. The normalized spacial score (nSPS) is 18.7. The molecule has 0 unspecified atom stereocenters. The summed E-state index contributed by atoms with van der Waals surface area (Å²) in [5.41, 5.74) is 6.82. The first kappa shape index (κ1) is 16.9. The van der Waals surface area contributed by atoms with Gasteiger partial charge in [-0.3, -0.25) is 5.43 Å². The van der Waals surface area contributed by atoms with Crippen LogP contribution in [0.3, 0.4) is 0 Å². The lowest BCUT2D eigenvalue weighted by Gasteiger charge is -2.34. The third-order valence-corrected chi connectivity index (χ3v) is 4.69. The zero-order valence-electron chi connectivity index (χ0n) is 14.1. The Morgan fingerprint density at radius 1 is 1.18 bits per heavy atom. The summed E-state index contributed by atoms with van der Waals surface area (Å²) in [6.45, 7) is 9.06. The molecule has 1 saturated carbocycles. The minimum atomic E-state index is 0.403. The van der Waals surface area contributed by atoms with Gasteiger partial charge >= 0.3 is 0 Å². The number of hydrogen-bond donors (Lipinski definition) is 2. The fourth-order valence-electron chi connectivity index (χ4n) is 2.92. The van der Waals surface area contributed by atoms with Crippen molar-refractivity contribution in [2.45, 2.75) is 53.4 Å². The highest BCUT2D eigenvalue weighted by molar-refractivity contribution is 7.80. The van der Waals surface area contributed by atoms with Crippen molar-refractivity contribution in [3.05, 3.63) is 29.8 Å². The number of benzene rings is 1. The Kier molecular flexibility index (Phi) is 5.57. The zero-order chi connectivity index (χ0) is 16.2. The maximum Gasteiger partial charge on any atom is 0.191 e. The average Bonchev–Trinajstić information content (AvgIpc) is 2.47. The zero-order valence-corrected chi connectivity index (χ0v) is 14.9. The van der Waals surface area contributed by atoms with Crippen LogP contribution in [0.5, 0.6) is 0 Å². The van der Waals surface area contributed by atoms with E-state index in [1.165, 1.54) is 24.1 Å². The van der Waals surface area contributed by atoms with Gasteiger partial charge in [-0.05, 0) is 67.8 Å². The highest BCUT2D eigenvalue weighted by Crippen LogP contribution is 2.36. The van der Waals surface area contributed by atoms with E-state index in [-0.39, 0.29) is 0 Å². The molecule has 1 fully saturated rings. The van der Waals surface area contributed by atoms with E-state index in [4.69, 9.17) is 12.2 Å².